The minimum absolute atomic E-state index is 0.0571. The maximum atomic E-state index is 13.6. The molecule has 3 aromatic rings. The number of rotatable bonds is 5. The Labute approximate surface area is 181 Å². The van der Waals surface area contributed by atoms with Crippen LogP contribution in [0, 0.1) is 0 Å². The SMILES string of the molecule is COC(=O)C1=C(C(=O)c2ccc(Cl)cc2)[C@H](c2ccc(O)c(OC)c2)n2nnnc2N1. The van der Waals surface area contributed by atoms with Crippen LogP contribution in [-0.4, -0.2) is 51.3 Å². The molecule has 0 amide bonds. The van der Waals surface area contributed by atoms with Gasteiger partial charge < -0.3 is 19.9 Å². The molecule has 1 aliphatic rings. The van der Waals surface area contributed by atoms with Crippen LogP contribution in [-0.2, 0) is 9.53 Å². The Morgan fingerprint density at radius 1 is 1.16 bits per heavy atom. The first-order chi connectivity index (χ1) is 14.9. The molecule has 158 valence electrons. The van der Waals surface area contributed by atoms with Crippen molar-refractivity contribution in [3.63, 3.8) is 0 Å². The van der Waals surface area contributed by atoms with Crippen LogP contribution in [0.4, 0.5) is 5.95 Å². The lowest BCUT2D eigenvalue weighted by Crippen LogP contribution is -2.33. The number of phenols is 1. The Morgan fingerprint density at radius 2 is 1.90 bits per heavy atom. The number of anilines is 1. The molecule has 0 fully saturated rings. The van der Waals surface area contributed by atoms with Gasteiger partial charge >= 0.3 is 5.97 Å². The van der Waals surface area contributed by atoms with Crippen LogP contribution in [0.5, 0.6) is 11.5 Å². The number of nitrogens with one attached hydrogen (secondary N) is 1. The minimum Gasteiger partial charge on any atom is -0.504 e. The van der Waals surface area contributed by atoms with E-state index in [0.717, 1.165) is 0 Å². The van der Waals surface area contributed by atoms with Crippen molar-refractivity contribution in [1.29, 1.82) is 0 Å². The van der Waals surface area contributed by atoms with Crippen molar-refractivity contribution in [1.82, 2.24) is 20.2 Å². The number of aromatic hydroxyl groups is 1. The van der Waals surface area contributed by atoms with Crippen LogP contribution in [0.2, 0.25) is 5.02 Å². The van der Waals surface area contributed by atoms with Gasteiger partial charge in [0.15, 0.2) is 17.3 Å². The number of nitrogens with zero attached hydrogens (tertiary/aromatic N) is 4. The van der Waals surface area contributed by atoms with Gasteiger partial charge in [-0.1, -0.05) is 22.8 Å². The van der Waals surface area contributed by atoms with Gasteiger partial charge in [-0.2, -0.15) is 4.68 Å². The third kappa shape index (κ3) is 3.57. The molecule has 4 rings (SSSR count). The second-order valence-electron chi connectivity index (χ2n) is 6.52. The molecular weight excluding hydrogens is 426 g/mol. The van der Waals surface area contributed by atoms with Crippen LogP contribution in [0.3, 0.4) is 0 Å². The Balaban J connectivity index is 1.96. The zero-order chi connectivity index (χ0) is 22.1. The normalized spacial score (nSPS) is 15.1. The zero-order valence-electron chi connectivity index (χ0n) is 16.4. The number of fused-ring (bicyclic) bond motifs is 1. The number of ketones is 1. The smallest absolute Gasteiger partial charge is 0.355 e. The molecule has 1 aliphatic heterocycles. The van der Waals surface area contributed by atoms with Crippen molar-refractivity contribution < 1.29 is 24.2 Å². The average molecular weight is 442 g/mol. The van der Waals surface area contributed by atoms with Gasteiger partial charge in [-0.15, -0.1) is 0 Å². The highest BCUT2D eigenvalue weighted by molar-refractivity contribution is 6.30. The van der Waals surface area contributed by atoms with Crippen molar-refractivity contribution in [2.45, 2.75) is 6.04 Å². The van der Waals surface area contributed by atoms with Crippen LogP contribution in [0.1, 0.15) is 22.0 Å². The summed E-state index contributed by atoms with van der Waals surface area (Å²) in [4.78, 5) is 26.2. The summed E-state index contributed by atoms with van der Waals surface area (Å²) >= 11 is 5.95. The molecule has 1 aromatic heterocycles. The molecule has 31 heavy (non-hydrogen) atoms. The van der Waals surface area contributed by atoms with Crippen molar-refractivity contribution in [2.24, 2.45) is 0 Å². The number of carbonyl (C=O) groups excluding carboxylic acids is 2. The third-order valence-corrected chi connectivity index (χ3v) is 5.03. The quantitative estimate of drug-likeness (QED) is 0.452. The van der Waals surface area contributed by atoms with Gasteiger partial charge in [0.2, 0.25) is 5.95 Å². The fraction of sp³-hybridized carbons (Fsp3) is 0.150. The first-order valence-corrected chi connectivity index (χ1v) is 9.37. The number of Topliss-reactive ketones (excluding diaryl/α,β-unsaturated/α-hetero) is 1. The number of aromatic nitrogens is 4. The topological polar surface area (TPSA) is 128 Å². The lowest BCUT2D eigenvalue weighted by molar-refractivity contribution is -0.136. The third-order valence-electron chi connectivity index (χ3n) is 4.78. The Hall–Kier alpha value is -3.92. The molecule has 0 unspecified atom stereocenters. The predicted molar refractivity (Wildman–Crippen MR) is 109 cm³/mol. The molecule has 2 N–H and O–H groups in total. The molecule has 2 aromatic carbocycles. The lowest BCUT2D eigenvalue weighted by atomic mass is 9.89. The fourth-order valence-electron chi connectivity index (χ4n) is 3.32. The van der Waals surface area contributed by atoms with E-state index in [1.807, 2.05) is 0 Å². The summed E-state index contributed by atoms with van der Waals surface area (Å²) in [6.45, 7) is 0. The predicted octanol–water partition coefficient (Wildman–Crippen LogP) is 2.37. The van der Waals surface area contributed by atoms with E-state index in [2.05, 4.69) is 20.8 Å². The van der Waals surface area contributed by atoms with E-state index in [1.54, 1.807) is 36.4 Å². The first-order valence-electron chi connectivity index (χ1n) is 8.99. The second kappa shape index (κ2) is 8.07. The summed E-state index contributed by atoms with van der Waals surface area (Å²) in [6.07, 6.45) is 0. The van der Waals surface area contributed by atoms with Crippen molar-refractivity contribution in [3.8, 4) is 11.5 Å². The van der Waals surface area contributed by atoms with Crippen LogP contribution >= 0.6 is 11.6 Å². The van der Waals surface area contributed by atoms with E-state index in [4.69, 9.17) is 21.1 Å². The molecule has 0 radical (unpaired) electrons. The van der Waals surface area contributed by atoms with Crippen LogP contribution in [0.25, 0.3) is 0 Å². The van der Waals surface area contributed by atoms with Gasteiger partial charge in [0.05, 0.1) is 19.8 Å². The standard InChI is InChI=1S/C20H16ClN5O5/c1-30-14-9-11(5-8-13(14)27)17-15(18(28)10-3-6-12(21)7-4-10)16(19(29)31-2)22-20-23-24-25-26(17)20/h3-9,17,27H,1-2H3,(H,22,23,25)/t17-/m0/s1. The number of hydrogen-bond acceptors (Lipinski definition) is 9. The Morgan fingerprint density at radius 3 is 2.58 bits per heavy atom. The molecular formula is C20H16ClN5O5. The Bertz CT molecular complexity index is 1200. The number of esters is 1. The number of methoxy groups -OCH3 is 2. The van der Waals surface area contributed by atoms with Gasteiger partial charge in [0, 0.05) is 10.6 Å². The number of carbonyl (C=O) groups is 2. The molecule has 2 heterocycles. The number of phenolic OH excluding ortho intramolecular Hbond substituents is 1. The zero-order valence-corrected chi connectivity index (χ0v) is 17.1. The van der Waals surface area contributed by atoms with Gasteiger partial charge in [0.1, 0.15) is 11.7 Å². The first kappa shape index (κ1) is 20.4. The molecule has 0 saturated heterocycles. The molecule has 1 atom stereocenters. The molecule has 0 spiro atoms. The number of hydrogen-bond donors (Lipinski definition) is 2. The van der Waals surface area contributed by atoms with Crippen LogP contribution < -0.4 is 10.1 Å². The van der Waals surface area contributed by atoms with Crippen molar-refractivity contribution in [3.05, 3.63) is 69.9 Å². The lowest BCUT2D eigenvalue weighted by Gasteiger charge is -2.28. The summed E-state index contributed by atoms with van der Waals surface area (Å²) in [5.74, 6) is -0.974. The highest BCUT2D eigenvalue weighted by Gasteiger charge is 2.38. The maximum absolute atomic E-state index is 13.6. The van der Waals surface area contributed by atoms with Crippen LogP contribution in [0.15, 0.2) is 53.7 Å². The second-order valence-corrected chi connectivity index (χ2v) is 6.96. The van der Waals surface area contributed by atoms with Gasteiger partial charge in [-0.05, 0) is 52.4 Å². The Kier molecular flexibility index (Phi) is 5.30. The average Bonchev–Trinajstić information content (AvgIpc) is 3.26. The molecule has 0 saturated carbocycles. The van der Waals surface area contributed by atoms with Gasteiger partial charge in [-0.25, -0.2) is 4.79 Å². The fourth-order valence-corrected chi connectivity index (χ4v) is 3.44. The number of tetrazole rings is 1. The van der Waals surface area contributed by atoms with Crippen molar-refractivity contribution >= 4 is 29.3 Å². The number of halogens is 1. The summed E-state index contributed by atoms with van der Waals surface area (Å²) in [5, 5.41) is 24.8. The summed E-state index contributed by atoms with van der Waals surface area (Å²) in [7, 11) is 2.61. The van der Waals surface area contributed by atoms with Gasteiger partial charge in [0.25, 0.3) is 0 Å². The van der Waals surface area contributed by atoms with E-state index < -0.39 is 17.8 Å². The molecule has 0 aliphatic carbocycles. The summed E-state index contributed by atoms with van der Waals surface area (Å²) in [6, 6.07) is 9.89. The number of allylic oxidation sites excluding steroid dienone is 1. The van der Waals surface area contributed by atoms with E-state index in [-0.39, 0.29) is 28.7 Å². The maximum Gasteiger partial charge on any atom is 0.355 e. The van der Waals surface area contributed by atoms with Crippen molar-refractivity contribution in [2.75, 3.05) is 19.5 Å². The highest BCUT2D eigenvalue weighted by atomic mass is 35.5. The molecule has 0 bridgehead atoms. The van der Waals surface area contributed by atoms with E-state index in [1.165, 1.54) is 25.0 Å². The van der Waals surface area contributed by atoms with E-state index >= 15 is 0 Å². The number of ether oxygens (including phenoxy) is 2. The molecule has 11 heteroatoms. The largest absolute Gasteiger partial charge is 0.504 e. The molecule has 10 nitrogen and oxygen atoms in total. The monoisotopic (exact) mass is 441 g/mol. The highest BCUT2D eigenvalue weighted by Crippen LogP contribution is 2.39. The van der Waals surface area contributed by atoms with Gasteiger partial charge in [-0.3, -0.25) is 4.79 Å². The minimum atomic E-state index is -0.905. The van der Waals surface area contributed by atoms with E-state index in [0.29, 0.717) is 16.1 Å². The summed E-state index contributed by atoms with van der Waals surface area (Å²) in [5.41, 5.74) is 0.766. The summed E-state index contributed by atoms with van der Waals surface area (Å²) < 4.78 is 11.5. The van der Waals surface area contributed by atoms with E-state index in [9.17, 15) is 14.7 Å². The number of benzene rings is 2.